The number of benzene rings is 1. The van der Waals surface area contributed by atoms with Crippen LogP contribution in [-0.4, -0.2) is 13.7 Å². The summed E-state index contributed by atoms with van der Waals surface area (Å²) in [4.78, 5) is 0. The standard InChI is InChI=1S/C8H7F2O2/c1-11-6-3-2-4-7(5-6)12-8(9)10/h2-3,5,8H,1H3. The fraction of sp³-hybridized carbons (Fsp3) is 0.250. The van der Waals surface area contributed by atoms with Gasteiger partial charge in [0.15, 0.2) is 0 Å². The minimum absolute atomic E-state index is 0.0237. The third kappa shape index (κ3) is 2.38. The first-order chi connectivity index (χ1) is 5.72. The highest BCUT2D eigenvalue weighted by Crippen LogP contribution is 2.19. The molecule has 0 saturated heterocycles. The van der Waals surface area contributed by atoms with Crippen molar-refractivity contribution in [2.45, 2.75) is 6.61 Å². The van der Waals surface area contributed by atoms with Gasteiger partial charge in [-0.15, -0.1) is 0 Å². The van der Waals surface area contributed by atoms with Crippen molar-refractivity contribution in [3.8, 4) is 11.5 Å². The zero-order valence-corrected chi connectivity index (χ0v) is 6.38. The lowest BCUT2D eigenvalue weighted by Gasteiger charge is -2.04. The molecule has 1 rings (SSSR count). The first-order valence-corrected chi connectivity index (χ1v) is 3.23. The molecule has 0 bridgehead atoms. The maximum Gasteiger partial charge on any atom is 0.387 e. The van der Waals surface area contributed by atoms with E-state index in [9.17, 15) is 8.78 Å². The summed E-state index contributed by atoms with van der Waals surface area (Å²) in [6.07, 6.45) is 0. The average Bonchev–Trinajstić information content (AvgIpc) is 2.03. The molecule has 0 aliphatic heterocycles. The Morgan fingerprint density at radius 2 is 2.25 bits per heavy atom. The Kier molecular flexibility index (Phi) is 2.85. The molecule has 0 aliphatic rings. The molecule has 0 spiro atoms. The Balaban J connectivity index is 2.72. The van der Waals surface area contributed by atoms with E-state index in [1.807, 2.05) is 0 Å². The molecule has 0 amide bonds. The van der Waals surface area contributed by atoms with Gasteiger partial charge in [-0.05, 0) is 12.1 Å². The Morgan fingerprint density at radius 3 is 2.83 bits per heavy atom. The number of alkyl halides is 2. The van der Waals surface area contributed by atoms with Crippen LogP contribution in [0.25, 0.3) is 0 Å². The van der Waals surface area contributed by atoms with Gasteiger partial charge in [-0.25, -0.2) is 0 Å². The largest absolute Gasteiger partial charge is 0.497 e. The maximum absolute atomic E-state index is 11.7. The zero-order chi connectivity index (χ0) is 8.97. The molecule has 0 aliphatic carbocycles. The summed E-state index contributed by atoms with van der Waals surface area (Å²) in [6.45, 7) is -2.83. The first kappa shape index (κ1) is 8.77. The molecule has 0 heterocycles. The van der Waals surface area contributed by atoms with Crippen molar-refractivity contribution < 1.29 is 18.3 Å². The summed E-state index contributed by atoms with van der Waals surface area (Å²) < 4.78 is 32.2. The van der Waals surface area contributed by atoms with Gasteiger partial charge in [0.2, 0.25) is 0 Å². The number of methoxy groups -OCH3 is 1. The molecule has 0 atom stereocenters. The number of hydrogen-bond acceptors (Lipinski definition) is 2. The van der Waals surface area contributed by atoms with Gasteiger partial charge >= 0.3 is 6.61 Å². The van der Waals surface area contributed by atoms with Gasteiger partial charge in [-0.1, -0.05) is 0 Å². The highest BCUT2D eigenvalue weighted by Gasteiger charge is 2.04. The predicted molar refractivity (Wildman–Crippen MR) is 38.5 cm³/mol. The molecule has 1 aromatic rings. The van der Waals surface area contributed by atoms with Crippen molar-refractivity contribution in [3.63, 3.8) is 0 Å². The van der Waals surface area contributed by atoms with Gasteiger partial charge < -0.3 is 9.47 Å². The number of halogens is 2. The van der Waals surface area contributed by atoms with E-state index in [1.54, 1.807) is 6.07 Å². The zero-order valence-electron chi connectivity index (χ0n) is 6.38. The van der Waals surface area contributed by atoms with Crippen LogP contribution in [-0.2, 0) is 0 Å². The molecule has 12 heavy (non-hydrogen) atoms. The van der Waals surface area contributed by atoms with Crippen LogP contribution in [0.15, 0.2) is 18.2 Å². The minimum Gasteiger partial charge on any atom is -0.497 e. The van der Waals surface area contributed by atoms with E-state index in [0.717, 1.165) is 0 Å². The fourth-order valence-corrected chi connectivity index (χ4v) is 0.716. The lowest BCUT2D eigenvalue weighted by molar-refractivity contribution is -0.0501. The second kappa shape index (κ2) is 3.90. The Bertz CT molecular complexity index is 251. The predicted octanol–water partition coefficient (Wildman–Crippen LogP) is 2.10. The van der Waals surface area contributed by atoms with Gasteiger partial charge in [-0.2, -0.15) is 8.78 Å². The summed E-state index contributed by atoms with van der Waals surface area (Å²) in [5.41, 5.74) is 0. The van der Waals surface area contributed by atoms with Gasteiger partial charge in [0.25, 0.3) is 0 Å². The number of rotatable bonds is 3. The summed E-state index contributed by atoms with van der Waals surface area (Å²) in [7, 11) is 1.45. The lowest BCUT2D eigenvalue weighted by atomic mass is 10.3. The molecule has 0 fully saturated rings. The van der Waals surface area contributed by atoms with Gasteiger partial charge in [0.05, 0.1) is 7.11 Å². The van der Waals surface area contributed by atoms with Crippen LogP contribution >= 0.6 is 0 Å². The van der Waals surface area contributed by atoms with Crippen LogP contribution < -0.4 is 9.47 Å². The smallest absolute Gasteiger partial charge is 0.387 e. The molecule has 4 heteroatoms. The van der Waals surface area contributed by atoms with Gasteiger partial charge in [0, 0.05) is 12.1 Å². The quantitative estimate of drug-likeness (QED) is 0.696. The molecule has 1 radical (unpaired) electrons. The molecular weight excluding hydrogens is 166 g/mol. The van der Waals surface area contributed by atoms with Crippen LogP contribution in [0.2, 0.25) is 0 Å². The Morgan fingerprint density at radius 1 is 1.50 bits per heavy atom. The molecule has 0 aromatic heterocycles. The highest BCUT2D eigenvalue weighted by molar-refractivity contribution is 5.31. The summed E-state index contributed by atoms with van der Waals surface area (Å²) in [6, 6.07) is 6.88. The van der Waals surface area contributed by atoms with Crippen LogP contribution in [0.1, 0.15) is 0 Å². The van der Waals surface area contributed by atoms with Crippen molar-refractivity contribution >= 4 is 0 Å². The number of hydrogen-bond donors (Lipinski definition) is 0. The molecule has 1 aromatic carbocycles. The van der Waals surface area contributed by atoms with Crippen LogP contribution in [0.3, 0.4) is 0 Å². The third-order valence-electron chi connectivity index (χ3n) is 1.20. The van der Waals surface area contributed by atoms with Crippen LogP contribution in [0, 0.1) is 6.07 Å². The van der Waals surface area contributed by atoms with Gasteiger partial charge in [0.1, 0.15) is 11.5 Å². The second-order valence-electron chi connectivity index (χ2n) is 1.97. The van der Waals surface area contributed by atoms with Crippen molar-refractivity contribution in [1.29, 1.82) is 0 Å². The monoisotopic (exact) mass is 173 g/mol. The maximum atomic E-state index is 11.7. The van der Waals surface area contributed by atoms with Crippen LogP contribution in [0.5, 0.6) is 11.5 Å². The first-order valence-electron chi connectivity index (χ1n) is 3.23. The van der Waals surface area contributed by atoms with E-state index in [0.29, 0.717) is 5.75 Å². The van der Waals surface area contributed by atoms with Crippen LogP contribution in [0.4, 0.5) is 8.78 Å². The summed E-state index contributed by atoms with van der Waals surface area (Å²) >= 11 is 0. The van der Waals surface area contributed by atoms with E-state index >= 15 is 0 Å². The normalized spacial score (nSPS) is 10.0. The third-order valence-corrected chi connectivity index (χ3v) is 1.20. The minimum atomic E-state index is -2.83. The second-order valence-corrected chi connectivity index (χ2v) is 1.97. The highest BCUT2D eigenvalue weighted by atomic mass is 19.3. The van der Waals surface area contributed by atoms with E-state index in [4.69, 9.17) is 4.74 Å². The Hall–Kier alpha value is -1.32. The van der Waals surface area contributed by atoms with Crippen molar-refractivity contribution in [1.82, 2.24) is 0 Å². The summed E-state index contributed by atoms with van der Waals surface area (Å²) in [5.74, 6) is 0.439. The molecular formula is C8H7F2O2. The van der Waals surface area contributed by atoms with E-state index in [1.165, 1.54) is 19.2 Å². The average molecular weight is 173 g/mol. The van der Waals surface area contributed by atoms with E-state index in [-0.39, 0.29) is 5.75 Å². The van der Waals surface area contributed by atoms with E-state index in [2.05, 4.69) is 10.8 Å². The molecule has 0 unspecified atom stereocenters. The SMILES string of the molecule is COc1cc[c]c(OC(F)F)c1. The summed E-state index contributed by atoms with van der Waals surface area (Å²) in [5, 5.41) is 0. The van der Waals surface area contributed by atoms with Gasteiger partial charge in [-0.3, -0.25) is 0 Å². The number of ether oxygens (including phenoxy) is 2. The van der Waals surface area contributed by atoms with Crippen molar-refractivity contribution in [3.05, 3.63) is 24.3 Å². The van der Waals surface area contributed by atoms with Crippen molar-refractivity contribution in [2.75, 3.05) is 7.11 Å². The van der Waals surface area contributed by atoms with Crippen molar-refractivity contribution in [2.24, 2.45) is 0 Å². The lowest BCUT2D eigenvalue weighted by Crippen LogP contribution is -2.01. The molecule has 65 valence electrons. The fourth-order valence-electron chi connectivity index (χ4n) is 0.716. The Labute approximate surface area is 68.7 Å². The molecule has 0 N–H and O–H groups in total. The molecule has 2 nitrogen and oxygen atoms in total. The van der Waals surface area contributed by atoms with E-state index < -0.39 is 6.61 Å². The molecule has 0 saturated carbocycles. The topological polar surface area (TPSA) is 18.5 Å².